The Hall–Kier alpha value is -3.68. The first-order valence-electron chi connectivity index (χ1n) is 8.83. The minimum atomic E-state index is -0.236. The van der Waals surface area contributed by atoms with E-state index >= 15 is 0 Å². The molecule has 0 spiro atoms. The average Bonchev–Trinajstić information content (AvgIpc) is 3.26. The van der Waals surface area contributed by atoms with Gasteiger partial charge in [0.05, 0.1) is 19.4 Å². The van der Waals surface area contributed by atoms with Crippen molar-refractivity contribution in [2.45, 2.75) is 13.3 Å². The number of benzene rings is 2. The highest BCUT2D eigenvalue weighted by molar-refractivity contribution is 6.02. The molecule has 0 unspecified atom stereocenters. The SMILES string of the molecule is CCCOc1ccc(/C=C/C(=O)Nc2ccc(-n3cnnn3)cc2)cc1OC. The van der Waals surface area contributed by atoms with Crippen LogP contribution in [0.2, 0.25) is 0 Å². The van der Waals surface area contributed by atoms with Crippen molar-refractivity contribution in [1.29, 1.82) is 0 Å². The number of tetrazole rings is 1. The number of aromatic nitrogens is 4. The Kier molecular flexibility index (Phi) is 6.35. The predicted molar refractivity (Wildman–Crippen MR) is 106 cm³/mol. The standard InChI is InChI=1S/C20H21N5O3/c1-3-12-28-18-10-4-15(13-19(18)27-2)5-11-20(26)22-16-6-8-17(9-7-16)25-14-21-23-24-25/h4-11,13-14H,3,12H2,1-2H3,(H,22,26)/b11-5+. The van der Waals surface area contributed by atoms with Crippen molar-refractivity contribution in [2.75, 3.05) is 19.0 Å². The summed E-state index contributed by atoms with van der Waals surface area (Å²) in [5, 5.41) is 13.8. The van der Waals surface area contributed by atoms with Gasteiger partial charge in [0.15, 0.2) is 11.5 Å². The van der Waals surface area contributed by atoms with Gasteiger partial charge >= 0.3 is 0 Å². The second-order valence-corrected chi connectivity index (χ2v) is 5.88. The molecule has 0 aliphatic heterocycles. The average molecular weight is 379 g/mol. The highest BCUT2D eigenvalue weighted by atomic mass is 16.5. The molecule has 1 amide bonds. The normalized spacial score (nSPS) is 10.8. The Morgan fingerprint density at radius 2 is 2.00 bits per heavy atom. The third kappa shape index (κ3) is 4.94. The number of anilines is 1. The van der Waals surface area contributed by atoms with Gasteiger partial charge in [-0.15, -0.1) is 5.10 Å². The number of hydrogen-bond donors (Lipinski definition) is 1. The molecule has 2 aromatic carbocycles. The summed E-state index contributed by atoms with van der Waals surface area (Å²) >= 11 is 0. The van der Waals surface area contributed by atoms with Gasteiger partial charge < -0.3 is 14.8 Å². The van der Waals surface area contributed by atoms with E-state index in [1.165, 1.54) is 17.1 Å². The van der Waals surface area contributed by atoms with E-state index in [0.29, 0.717) is 23.8 Å². The van der Waals surface area contributed by atoms with E-state index in [1.54, 1.807) is 25.3 Å². The lowest BCUT2D eigenvalue weighted by molar-refractivity contribution is -0.111. The summed E-state index contributed by atoms with van der Waals surface area (Å²) < 4.78 is 12.5. The first-order chi connectivity index (χ1) is 13.7. The molecule has 0 radical (unpaired) electrons. The van der Waals surface area contributed by atoms with Crippen LogP contribution in [0.15, 0.2) is 54.9 Å². The fraction of sp³-hybridized carbons (Fsp3) is 0.200. The van der Waals surface area contributed by atoms with Gasteiger partial charge in [0.25, 0.3) is 0 Å². The predicted octanol–water partition coefficient (Wildman–Crippen LogP) is 3.11. The highest BCUT2D eigenvalue weighted by Crippen LogP contribution is 2.28. The number of carbonyl (C=O) groups is 1. The van der Waals surface area contributed by atoms with Gasteiger partial charge in [0.2, 0.25) is 5.91 Å². The lowest BCUT2D eigenvalue weighted by atomic mass is 10.2. The molecule has 1 aromatic heterocycles. The maximum Gasteiger partial charge on any atom is 0.248 e. The van der Waals surface area contributed by atoms with E-state index in [0.717, 1.165) is 17.7 Å². The summed E-state index contributed by atoms with van der Waals surface area (Å²) in [7, 11) is 1.59. The molecule has 0 atom stereocenters. The molecule has 144 valence electrons. The molecule has 0 fully saturated rings. The van der Waals surface area contributed by atoms with Crippen LogP contribution < -0.4 is 14.8 Å². The number of nitrogens with one attached hydrogen (secondary N) is 1. The fourth-order valence-electron chi connectivity index (χ4n) is 2.45. The smallest absolute Gasteiger partial charge is 0.248 e. The van der Waals surface area contributed by atoms with Gasteiger partial charge in [-0.1, -0.05) is 13.0 Å². The van der Waals surface area contributed by atoms with Crippen LogP contribution in [0.1, 0.15) is 18.9 Å². The first kappa shape index (κ1) is 19.1. The van der Waals surface area contributed by atoms with Crippen LogP contribution in [0.4, 0.5) is 5.69 Å². The Morgan fingerprint density at radius 3 is 2.68 bits per heavy atom. The summed E-state index contributed by atoms with van der Waals surface area (Å²) in [4.78, 5) is 12.2. The minimum Gasteiger partial charge on any atom is -0.493 e. The zero-order valence-corrected chi connectivity index (χ0v) is 15.7. The molecule has 0 bridgehead atoms. The largest absolute Gasteiger partial charge is 0.493 e. The fourth-order valence-corrected chi connectivity index (χ4v) is 2.45. The number of carbonyl (C=O) groups excluding carboxylic acids is 1. The first-order valence-corrected chi connectivity index (χ1v) is 8.83. The van der Waals surface area contributed by atoms with Crippen molar-refractivity contribution >= 4 is 17.7 Å². The van der Waals surface area contributed by atoms with Crippen molar-refractivity contribution in [3.8, 4) is 17.2 Å². The van der Waals surface area contributed by atoms with Gasteiger partial charge in [-0.3, -0.25) is 4.79 Å². The van der Waals surface area contributed by atoms with Crippen LogP contribution in [0.5, 0.6) is 11.5 Å². The number of methoxy groups -OCH3 is 1. The van der Waals surface area contributed by atoms with Gasteiger partial charge in [0, 0.05) is 11.8 Å². The molecule has 8 heteroatoms. The van der Waals surface area contributed by atoms with E-state index < -0.39 is 0 Å². The monoisotopic (exact) mass is 379 g/mol. The van der Waals surface area contributed by atoms with Crippen molar-refractivity contribution in [2.24, 2.45) is 0 Å². The highest BCUT2D eigenvalue weighted by Gasteiger charge is 2.05. The van der Waals surface area contributed by atoms with Crippen molar-refractivity contribution in [3.05, 3.63) is 60.4 Å². The molecule has 0 aliphatic carbocycles. The third-order valence-electron chi connectivity index (χ3n) is 3.82. The van der Waals surface area contributed by atoms with Crippen molar-refractivity contribution in [1.82, 2.24) is 20.2 Å². The van der Waals surface area contributed by atoms with Gasteiger partial charge in [-0.25, -0.2) is 4.68 Å². The Balaban J connectivity index is 1.62. The van der Waals surface area contributed by atoms with Crippen LogP contribution >= 0.6 is 0 Å². The summed E-state index contributed by atoms with van der Waals surface area (Å²) in [6.07, 6.45) is 5.61. The summed E-state index contributed by atoms with van der Waals surface area (Å²) in [5.41, 5.74) is 2.31. The second kappa shape index (κ2) is 9.31. The molecule has 3 aromatic rings. The number of nitrogens with zero attached hydrogens (tertiary/aromatic N) is 4. The quantitative estimate of drug-likeness (QED) is 0.605. The molecule has 0 saturated heterocycles. The maximum absolute atomic E-state index is 12.2. The van der Waals surface area contributed by atoms with E-state index in [2.05, 4.69) is 20.8 Å². The number of amides is 1. The molecular formula is C20H21N5O3. The molecule has 8 nitrogen and oxygen atoms in total. The van der Waals surface area contributed by atoms with Crippen LogP contribution in [0, 0.1) is 0 Å². The zero-order valence-electron chi connectivity index (χ0n) is 15.7. The molecule has 28 heavy (non-hydrogen) atoms. The molecule has 3 rings (SSSR count). The minimum absolute atomic E-state index is 0.236. The number of rotatable bonds is 8. The van der Waals surface area contributed by atoms with Gasteiger partial charge in [-0.05, 0) is 64.9 Å². The van der Waals surface area contributed by atoms with Crippen molar-refractivity contribution in [3.63, 3.8) is 0 Å². The number of hydrogen-bond acceptors (Lipinski definition) is 6. The van der Waals surface area contributed by atoms with Gasteiger partial charge in [-0.2, -0.15) is 0 Å². The van der Waals surface area contributed by atoms with E-state index in [9.17, 15) is 4.79 Å². The van der Waals surface area contributed by atoms with Crippen LogP contribution in [-0.4, -0.2) is 39.8 Å². The van der Waals surface area contributed by atoms with Gasteiger partial charge in [0.1, 0.15) is 6.33 Å². The van der Waals surface area contributed by atoms with Crippen LogP contribution in [0.3, 0.4) is 0 Å². The molecule has 1 heterocycles. The lowest BCUT2D eigenvalue weighted by Gasteiger charge is -2.10. The maximum atomic E-state index is 12.2. The summed E-state index contributed by atoms with van der Waals surface area (Å²) in [6, 6.07) is 12.7. The van der Waals surface area contributed by atoms with E-state index in [4.69, 9.17) is 9.47 Å². The van der Waals surface area contributed by atoms with Crippen LogP contribution in [0.25, 0.3) is 11.8 Å². The number of ether oxygens (including phenoxy) is 2. The Bertz CT molecular complexity index is 937. The third-order valence-corrected chi connectivity index (χ3v) is 3.82. The van der Waals surface area contributed by atoms with Crippen LogP contribution in [-0.2, 0) is 4.79 Å². The van der Waals surface area contributed by atoms with Crippen molar-refractivity contribution < 1.29 is 14.3 Å². The summed E-state index contributed by atoms with van der Waals surface area (Å²) in [5.74, 6) is 1.09. The molecular weight excluding hydrogens is 358 g/mol. The second-order valence-electron chi connectivity index (χ2n) is 5.88. The Labute approximate surface area is 162 Å². The molecule has 0 aliphatic rings. The summed E-state index contributed by atoms with van der Waals surface area (Å²) in [6.45, 7) is 2.67. The Morgan fingerprint density at radius 1 is 1.18 bits per heavy atom. The van der Waals surface area contributed by atoms with E-state index in [-0.39, 0.29) is 5.91 Å². The lowest BCUT2D eigenvalue weighted by Crippen LogP contribution is -2.07. The molecule has 1 N–H and O–H groups in total. The zero-order chi connectivity index (χ0) is 19.8. The topological polar surface area (TPSA) is 91.2 Å². The van der Waals surface area contributed by atoms with E-state index in [1.807, 2.05) is 37.3 Å². The molecule has 0 saturated carbocycles.